The van der Waals surface area contributed by atoms with Crippen molar-refractivity contribution in [2.24, 2.45) is 10.8 Å². The van der Waals surface area contributed by atoms with Gasteiger partial charge in [0.15, 0.2) is 0 Å². The minimum Gasteiger partial charge on any atom is -0.497 e. The number of benzene rings is 1. The number of rotatable bonds is 3. The van der Waals surface area contributed by atoms with Gasteiger partial charge < -0.3 is 9.64 Å². The van der Waals surface area contributed by atoms with Crippen LogP contribution in [0.15, 0.2) is 29.3 Å². The summed E-state index contributed by atoms with van der Waals surface area (Å²) in [6.45, 7) is 4.00. The highest BCUT2D eigenvalue weighted by atomic mass is 16.5. The maximum atomic E-state index is 5.47. The first-order valence-electron chi connectivity index (χ1n) is 5.50. The van der Waals surface area contributed by atoms with Crippen LogP contribution in [-0.2, 0) is 0 Å². The molecule has 0 radical (unpaired) electrons. The highest BCUT2D eigenvalue weighted by Crippen LogP contribution is 2.18. The van der Waals surface area contributed by atoms with Crippen molar-refractivity contribution in [3.63, 3.8) is 0 Å². The molecule has 5 heteroatoms. The third-order valence-electron chi connectivity index (χ3n) is 2.29. The summed E-state index contributed by atoms with van der Waals surface area (Å²) in [5, 5.41) is 0. The molecule has 0 unspecified atom stereocenters. The molecule has 0 atom stereocenters. The standard InChI is InChI=1S/C12H20N4O/c1-9(2)14-12(15-13)16(3)10-5-7-11(17-4)8-6-10/h5-9H,13H2,1-4H3,(H,14,15). The van der Waals surface area contributed by atoms with Gasteiger partial charge in [-0.2, -0.15) is 0 Å². The molecule has 0 fully saturated rings. The van der Waals surface area contributed by atoms with Crippen LogP contribution in [0.3, 0.4) is 0 Å². The summed E-state index contributed by atoms with van der Waals surface area (Å²) >= 11 is 0. The highest BCUT2D eigenvalue weighted by molar-refractivity contribution is 5.95. The summed E-state index contributed by atoms with van der Waals surface area (Å²) in [5.74, 6) is 6.92. The minimum absolute atomic E-state index is 0.182. The van der Waals surface area contributed by atoms with E-state index in [0.717, 1.165) is 11.4 Å². The topological polar surface area (TPSA) is 62.9 Å². The van der Waals surface area contributed by atoms with Crippen molar-refractivity contribution >= 4 is 11.6 Å². The Balaban J connectivity index is 2.89. The van der Waals surface area contributed by atoms with Gasteiger partial charge in [-0.25, -0.2) is 10.8 Å². The Kier molecular flexibility index (Phi) is 4.78. The molecule has 1 aromatic rings. The van der Waals surface area contributed by atoms with E-state index in [1.807, 2.05) is 50.1 Å². The molecule has 0 saturated carbocycles. The van der Waals surface area contributed by atoms with Crippen LogP contribution in [0.2, 0.25) is 0 Å². The van der Waals surface area contributed by atoms with Crippen LogP contribution in [0.4, 0.5) is 5.69 Å². The summed E-state index contributed by atoms with van der Waals surface area (Å²) in [5.41, 5.74) is 3.59. The lowest BCUT2D eigenvalue weighted by atomic mass is 10.3. The van der Waals surface area contributed by atoms with Crippen LogP contribution in [-0.4, -0.2) is 26.2 Å². The predicted octanol–water partition coefficient (Wildman–Crippen LogP) is 1.36. The van der Waals surface area contributed by atoms with Gasteiger partial charge in [-0.3, -0.25) is 5.43 Å². The molecular weight excluding hydrogens is 216 g/mol. The van der Waals surface area contributed by atoms with Crippen LogP contribution in [0.25, 0.3) is 0 Å². The number of hydrogen-bond donors (Lipinski definition) is 2. The summed E-state index contributed by atoms with van der Waals surface area (Å²) in [4.78, 5) is 6.28. The highest BCUT2D eigenvalue weighted by Gasteiger charge is 2.08. The molecule has 1 aromatic carbocycles. The summed E-state index contributed by atoms with van der Waals surface area (Å²) in [6, 6.07) is 7.88. The van der Waals surface area contributed by atoms with E-state index in [2.05, 4.69) is 10.4 Å². The number of guanidine groups is 1. The average Bonchev–Trinajstić information content (AvgIpc) is 2.35. The molecule has 0 aliphatic rings. The normalized spacial score (nSPS) is 11.5. The second-order valence-electron chi connectivity index (χ2n) is 3.95. The molecule has 0 amide bonds. The van der Waals surface area contributed by atoms with Crippen molar-refractivity contribution in [1.82, 2.24) is 5.43 Å². The number of anilines is 1. The van der Waals surface area contributed by atoms with Gasteiger partial charge in [-0.1, -0.05) is 0 Å². The molecule has 3 N–H and O–H groups in total. The van der Waals surface area contributed by atoms with E-state index in [9.17, 15) is 0 Å². The number of hydrazine groups is 1. The van der Waals surface area contributed by atoms with Crippen molar-refractivity contribution in [3.8, 4) is 5.75 Å². The van der Waals surface area contributed by atoms with Gasteiger partial charge in [0.2, 0.25) is 5.96 Å². The number of nitrogens with two attached hydrogens (primary N) is 1. The molecule has 0 aromatic heterocycles. The lowest BCUT2D eigenvalue weighted by molar-refractivity contribution is 0.415. The Labute approximate surface area is 102 Å². The second kappa shape index (κ2) is 6.10. The van der Waals surface area contributed by atoms with Gasteiger partial charge in [-0.15, -0.1) is 0 Å². The monoisotopic (exact) mass is 236 g/mol. The van der Waals surface area contributed by atoms with E-state index in [0.29, 0.717) is 5.96 Å². The molecule has 5 nitrogen and oxygen atoms in total. The fraction of sp³-hybridized carbons (Fsp3) is 0.417. The maximum absolute atomic E-state index is 5.47. The summed E-state index contributed by atoms with van der Waals surface area (Å²) < 4.78 is 5.11. The number of nitrogens with one attached hydrogen (secondary N) is 1. The number of hydrogen-bond acceptors (Lipinski definition) is 3. The third kappa shape index (κ3) is 3.64. The van der Waals surface area contributed by atoms with Crippen molar-refractivity contribution < 1.29 is 4.74 Å². The minimum atomic E-state index is 0.182. The van der Waals surface area contributed by atoms with E-state index in [1.165, 1.54) is 0 Å². The molecule has 0 spiro atoms. The smallest absolute Gasteiger partial charge is 0.212 e. The molecule has 17 heavy (non-hydrogen) atoms. The lowest BCUT2D eigenvalue weighted by Gasteiger charge is -2.21. The average molecular weight is 236 g/mol. The number of aliphatic imine (C=N–C) groups is 1. The van der Waals surface area contributed by atoms with Gasteiger partial charge in [0.05, 0.1) is 7.11 Å². The van der Waals surface area contributed by atoms with E-state index in [-0.39, 0.29) is 6.04 Å². The number of methoxy groups -OCH3 is 1. The molecule has 0 heterocycles. The number of ether oxygens (including phenoxy) is 1. The number of nitrogens with zero attached hydrogens (tertiary/aromatic N) is 2. The SMILES string of the molecule is COc1ccc(N(C)C(=NC(C)C)NN)cc1. The second-order valence-corrected chi connectivity index (χ2v) is 3.95. The van der Waals surface area contributed by atoms with Crippen LogP contribution in [0.1, 0.15) is 13.8 Å². The Morgan fingerprint density at radius 1 is 1.35 bits per heavy atom. The fourth-order valence-corrected chi connectivity index (χ4v) is 1.39. The van der Waals surface area contributed by atoms with Crippen molar-refractivity contribution in [1.29, 1.82) is 0 Å². The lowest BCUT2D eigenvalue weighted by Crippen LogP contribution is -2.43. The van der Waals surface area contributed by atoms with Crippen molar-refractivity contribution in [3.05, 3.63) is 24.3 Å². The fourth-order valence-electron chi connectivity index (χ4n) is 1.39. The van der Waals surface area contributed by atoms with Crippen LogP contribution in [0, 0.1) is 0 Å². The van der Waals surface area contributed by atoms with E-state index in [1.54, 1.807) is 7.11 Å². The Morgan fingerprint density at radius 2 is 1.94 bits per heavy atom. The quantitative estimate of drug-likeness (QED) is 0.360. The molecule has 0 aliphatic carbocycles. The summed E-state index contributed by atoms with van der Waals surface area (Å²) in [7, 11) is 3.55. The van der Waals surface area contributed by atoms with E-state index < -0.39 is 0 Å². The largest absolute Gasteiger partial charge is 0.497 e. The zero-order chi connectivity index (χ0) is 12.8. The predicted molar refractivity (Wildman–Crippen MR) is 71.3 cm³/mol. The maximum Gasteiger partial charge on any atom is 0.212 e. The zero-order valence-electron chi connectivity index (χ0n) is 10.8. The Hall–Kier alpha value is -1.75. The Morgan fingerprint density at radius 3 is 2.35 bits per heavy atom. The van der Waals surface area contributed by atoms with Gasteiger partial charge >= 0.3 is 0 Å². The van der Waals surface area contributed by atoms with Crippen molar-refractivity contribution in [2.45, 2.75) is 19.9 Å². The van der Waals surface area contributed by atoms with E-state index in [4.69, 9.17) is 10.6 Å². The first-order valence-corrected chi connectivity index (χ1v) is 5.50. The molecule has 0 aliphatic heterocycles. The van der Waals surface area contributed by atoms with Crippen LogP contribution < -0.4 is 20.9 Å². The van der Waals surface area contributed by atoms with Crippen LogP contribution >= 0.6 is 0 Å². The van der Waals surface area contributed by atoms with Gasteiger partial charge in [0.1, 0.15) is 5.75 Å². The van der Waals surface area contributed by atoms with Gasteiger partial charge in [0, 0.05) is 18.8 Å². The zero-order valence-corrected chi connectivity index (χ0v) is 10.8. The van der Waals surface area contributed by atoms with Gasteiger partial charge in [0.25, 0.3) is 0 Å². The van der Waals surface area contributed by atoms with Crippen molar-refractivity contribution in [2.75, 3.05) is 19.1 Å². The van der Waals surface area contributed by atoms with E-state index >= 15 is 0 Å². The molecule has 94 valence electrons. The molecule has 0 bridgehead atoms. The third-order valence-corrected chi connectivity index (χ3v) is 2.29. The Bertz CT molecular complexity index is 373. The summed E-state index contributed by atoms with van der Waals surface area (Å²) in [6.07, 6.45) is 0. The molecule has 1 rings (SSSR count). The van der Waals surface area contributed by atoms with Crippen LogP contribution in [0.5, 0.6) is 5.75 Å². The van der Waals surface area contributed by atoms with Gasteiger partial charge in [-0.05, 0) is 38.1 Å². The molecular formula is C12H20N4O. The first kappa shape index (κ1) is 13.3. The first-order chi connectivity index (χ1) is 8.08. The molecule has 0 saturated heterocycles.